The van der Waals surface area contributed by atoms with Gasteiger partial charge in [0.2, 0.25) is 11.8 Å². The number of imidazole rings is 1. The van der Waals surface area contributed by atoms with Crippen LogP contribution < -0.4 is 5.32 Å². The first-order valence-corrected chi connectivity index (χ1v) is 10.3. The fraction of sp³-hybridized carbons (Fsp3) is 0.348. The summed E-state index contributed by atoms with van der Waals surface area (Å²) in [7, 11) is 0. The second kappa shape index (κ2) is 9.54. The summed E-state index contributed by atoms with van der Waals surface area (Å²) in [6.45, 7) is 3.12. The van der Waals surface area contributed by atoms with Gasteiger partial charge in [-0.2, -0.15) is 0 Å². The molecule has 1 saturated heterocycles. The quantitative estimate of drug-likeness (QED) is 0.649. The first-order chi connectivity index (χ1) is 14.7. The van der Waals surface area contributed by atoms with E-state index in [0.717, 1.165) is 22.4 Å². The van der Waals surface area contributed by atoms with Gasteiger partial charge in [-0.1, -0.05) is 42.5 Å². The molecule has 1 fully saturated rings. The minimum Gasteiger partial charge on any atom is -0.378 e. The van der Waals surface area contributed by atoms with Crippen molar-refractivity contribution in [2.75, 3.05) is 32.8 Å². The van der Waals surface area contributed by atoms with E-state index in [9.17, 15) is 9.59 Å². The van der Waals surface area contributed by atoms with Crippen LogP contribution in [0.5, 0.6) is 0 Å². The molecular weight excluding hydrogens is 380 g/mol. The number of nitrogens with zero attached hydrogens (tertiary/aromatic N) is 3. The van der Waals surface area contributed by atoms with Crippen LogP contribution in [0.2, 0.25) is 0 Å². The number of ether oxygens (including phenoxy) is 1. The van der Waals surface area contributed by atoms with E-state index < -0.39 is 0 Å². The van der Waals surface area contributed by atoms with E-state index >= 15 is 0 Å². The van der Waals surface area contributed by atoms with Gasteiger partial charge in [0.15, 0.2) is 0 Å². The SMILES string of the molecule is O=C(Cc1ccccc1)NCCc1nc2ccccc2n1CC(=O)N1CCOCC1. The largest absolute Gasteiger partial charge is 0.378 e. The number of fused-ring (bicyclic) bond motifs is 1. The van der Waals surface area contributed by atoms with Crippen LogP contribution in [0.15, 0.2) is 54.6 Å². The molecule has 0 saturated carbocycles. The molecule has 156 valence electrons. The minimum atomic E-state index is -0.0201. The average Bonchev–Trinajstić information content (AvgIpc) is 3.12. The number of aromatic nitrogens is 2. The number of nitrogens with one attached hydrogen (secondary N) is 1. The van der Waals surface area contributed by atoms with E-state index in [2.05, 4.69) is 5.32 Å². The Kier molecular flexibility index (Phi) is 6.39. The summed E-state index contributed by atoms with van der Waals surface area (Å²) in [6, 6.07) is 17.5. The van der Waals surface area contributed by atoms with Crippen LogP contribution in [-0.2, 0) is 33.7 Å². The fourth-order valence-electron chi connectivity index (χ4n) is 3.70. The molecule has 30 heavy (non-hydrogen) atoms. The van der Waals surface area contributed by atoms with Gasteiger partial charge in [0, 0.05) is 26.1 Å². The molecule has 2 amide bonds. The molecule has 2 heterocycles. The van der Waals surface area contributed by atoms with E-state index in [-0.39, 0.29) is 18.4 Å². The van der Waals surface area contributed by atoms with E-state index in [0.29, 0.717) is 45.7 Å². The molecule has 4 rings (SSSR count). The van der Waals surface area contributed by atoms with Crippen molar-refractivity contribution >= 4 is 22.8 Å². The molecular formula is C23H26N4O3. The van der Waals surface area contributed by atoms with Gasteiger partial charge in [-0.25, -0.2) is 4.98 Å². The van der Waals surface area contributed by atoms with Crippen molar-refractivity contribution in [3.05, 3.63) is 66.0 Å². The van der Waals surface area contributed by atoms with Crippen molar-refractivity contribution in [2.24, 2.45) is 0 Å². The Balaban J connectivity index is 1.42. The lowest BCUT2D eigenvalue weighted by atomic mass is 10.1. The maximum Gasteiger partial charge on any atom is 0.242 e. The van der Waals surface area contributed by atoms with Crippen LogP contribution in [-0.4, -0.2) is 59.1 Å². The zero-order valence-corrected chi connectivity index (χ0v) is 16.9. The maximum absolute atomic E-state index is 12.8. The molecule has 0 spiro atoms. The van der Waals surface area contributed by atoms with Crippen molar-refractivity contribution < 1.29 is 14.3 Å². The Labute approximate surface area is 175 Å². The van der Waals surface area contributed by atoms with Crippen LogP contribution in [0, 0.1) is 0 Å². The molecule has 1 aromatic heterocycles. The van der Waals surface area contributed by atoms with Crippen LogP contribution >= 0.6 is 0 Å². The van der Waals surface area contributed by atoms with E-state index in [4.69, 9.17) is 9.72 Å². The average molecular weight is 406 g/mol. The van der Waals surface area contributed by atoms with E-state index in [1.165, 1.54) is 0 Å². The van der Waals surface area contributed by atoms with E-state index in [1.807, 2.05) is 64.1 Å². The van der Waals surface area contributed by atoms with Gasteiger partial charge in [-0.05, 0) is 17.7 Å². The number of hydrogen-bond donors (Lipinski definition) is 1. The second-order valence-corrected chi connectivity index (χ2v) is 7.36. The number of carbonyl (C=O) groups is 2. The highest BCUT2D eigenvalue weighted by atomic mass is 16.5. The van der Waals surface area contributed by atoms with E-state index in [1.54, 1.807) is 0 Å². The molecule has 7 nitrogen and oxygen atoms in total. The first kappa shape index (κ1) is 20.1. The summed E-state index contributed by atoms with van der Waals surface area (Å²) < 4.78 is 7.31. The summed E-state index contributed by atoms with van der Waals surface area (Å²) in [5.74, 6) is 0.849. The van der Waals surface area contributed by atoms with Crippen molar-refractivity contribution in [1.29, 1.82) is 0 Å². The zero-order valence-electron chi connectivity index (χ0n) is 16.9. The summed E-state index contributed by atoms with van der Waals surface area (Å²) in [6.07, 6.45) is 0.915. The summed E-state index contributed by atoms with van der Waals surface area (Å²) in [5.41, 5.74) is 2.78. The lowest BCUT2D eigenvalue weighted by Crippen LogP contribution is -2.42. The van der Waals surface area contributed by atoms with Gasteiger partial charge in [-0.15, -0.1) is 0 Å². The zero-order chi connectivity index (χ0) is 20.8. The monoisotopic (exact) mass is 406 g/mol. The molecule has 1 aliphatic rings. The fourth-order valence-corrected chi connectivity index (χ4v) is 3.70. The Morgan fingerprint density at radius 1 is 1.00 bits per heavy atom. The van der Waals surface area contributed by atoms with Crippen molar-refractivity contribution in [3.8, 4) is 0 Å². The number of para-hydroxylation sites is 2. The van der Waals surface area contributed by atoms with Gasteiger partial charge < -0.3 is 19.5 Å². The molecule has 7 heteroatoms. The van der Waals surface area contributed by atoms with Crippen LogP contribution in [0.1, 0.15) is 11.4 Å². The van der Waals surface area contributed by atoms with Gasteiger partial charge >= 0.3 is 0 Å². The molecule has 0 radical (unpaired) electrons. The van der Waals surface area contributed by atoms with Gasteiger partial charge in [0.05, 0.1) is 30.7 Å². The third kappa shape index (κ3) is 4.86. The summed E-state index contributed by atoms with van der Waals surface area (Å²) >= 11 is 0. The minimum absolute atomic E-state index is 0.0201. The first-order valence-electron chi connectivity index (χ1n) is 10.3. The lowest BCUT2D eigenvalue weighted by molar-refractivity contribution is -0.135. The number of carbonyl (C=O) groups excluding carboxylic acids is 2. The van der Waals surface area contributed by atoms with Gasteiger partial charge in [0.1, 0.15) is 12.4 Å². The second-order valence-electron chi connectivity index (χ2n) is 7.36. The van der Waals surface area contributed by atoms with Crippen molar-refractivity contribution in [3.63, 3.8) is 0 Å². The molecule has 0 unspecified atom stereocenters. The number of rotatable bonds is 7. The third-order valence-electron chi connectivity index (χ3n) is 5.27. The highest BCUT2D eigenvalue weighted by Crippen LogP contribution is 2.17. The van der Waals surface area contributed by atoms with Crippen molar-refractivity contribution in [2.45, 2.75) is 19.4 Å². The highest BCUT2D eigenvalue weighted by Gasteiger charge is 2.20. The Bertz CT molecular complexity index is 1010. The Morgan fingerprint density at radius 3 is 2.53 bits per heavy atom. The molecule has 1 aliphatic heterocycles. The summed E-state index contributed by atoms with van der Waals surface area (Å²) in [5, 5.41) is 2.96. The predicted octanol–water partition coefficient (Wildman–Crippen LogP) is 1.80. The molecule has 3 aromatic rings. The molecule has 0 atom stereocenters. The van der Waals surface area contributed by atoms with Gasteiger partial charge in [-0.3, -0.25) is 9.59 Å². The lowest BCUT2D eigenvalue weighted by Gasteiger charge is -2.27. The molecule has 2 aromatic carbocycles. The Hall–Kier alpha value is -3.19. The maximum atomic E-state index is 12.8. The smallest absolute Gasteiger partial charge is 0.242 e. The third-order valence-corrected chi connectivity index (χ3v) is 5.27. The molecule has 0 aliphatic carbocycles. The number of hydrogen-bond acceptors (Lipinski definition) is 4. The van der Waals surface area contributed by atoms with Crippen LogP contribution in [0.4, 0.5) is 0 Å². The number of benzene rings is 2. The topological polar surface area (TPSA) is 76.5 Å². The van der Waals surface area contributed by atoms with Gasteiger partial charge in [0.25, 0.3) is 0 Å². The number of morpholine rings is 1. The van der Waals surface area contributed by atoms with Crippen LogP contribution in [0.25, 0.3) is 11.0 Å². The Morgan fingerprint density at radius 2 is 1.73 bits per heavy atom. The highest BCUT2D eigenvalue weighted by molar-refractivity contribution is 5.81. The standard InChI is InChI=1S/C23H26N4O3/c28-22(16-18-6-2-1-3-7-18)24-11-10-21-25-19-8-4-5-9-20(19)27(21)17-23(29)26-12-14-30-15-13-26/h1-9H,10-17H2,(H,24,28). The van der Waals surface area contributed by atoms with Crippen LogP contribution in [0.3, 0.4) is 0 Å². The predicted molar refractivity (Wildman–Crippen MR) is 114 cm³/mol. The number of amides is 2. The molecule has 1 N–H and O–H groups in total. The van der Waals surface area contributed by atoms with Crippen molar-refractivity contribution in [1.82, 2.24) is 19.8 Å². The summed E-state index contributed by atoms with van der Waals surface area (Å²) in [4.78, 5) is 31.6. The normalized spacial score (nSPS) is 14.1. The molecule has 0 bridgehead atoms.